The van der Waals surface area contributed by atoms with E-state index in [4.69, 9.17) is 9.68 Å². The Morgan fingerprint density at radius 3 is 1.91 bits per heavy atom. The summed E-state index contributed by atoms with van der Waals surface area (Å²) in [4.78, 5) is 25.3. The highest BCUT2D eigenvalue weighted by Crippen LogP contribution is 2.40. The van der Waals surface area contributed by atoms with E-state index in [0.717, 1.165) is 39.4 Å². The van der Waals surface area contributed by atoms with E-state index in [0.29, 0.717) is 28.7 Å². The molecule has 0 atom stereocenters. The second-order valence-electron chi connectivity index (χ2n) is 14.4. The number of aromatic hydroxyl groups is 1. The van der Waals surface area contributed by atoms with Crippen molar-refractivity contribution in [2.75, 3.05) is 23.8 Å². The average Bonchev–Trinajstić information content (AvgIpc) is 3.22. The van der Waals surface area contributed by atoms with E-state index in [1.54, 1.807) is 42.5 Å². The van der Waals surface area contributed by atoms with Gasteiger partial charge >= 0.3 is 0 Å². The van der Waals surface area contributed by atoms with Crippen molar-refractivity contribution < 1.29 is 19.6 Å². The molecule has 0 aliphatic carbocycles. The lowest BCUT2D eigenvalue weighted by atomic mass is 10.0. The predicted octanol–water partition coefficient (Wildman–Crippen LogP) is 12.6. The van der Waals surface area contributed by atoms with Crippen LogP contribution in [0, 0.1) is 27.7 Å². The molecule has 0 radical (unpaired) electrons. The highest BCUT2D eigenvalue weighted by molar-refractivity contribution is 5.97. The van der Waals surface area contributed by atoms with Crippen molar-refractivity contribution >= 4 is 56.4 Å². The Balaban J connectivity index is 1.15. The Hall–Kier alpha value is -6.65. The molecule has 0 fully saturated rings. The zero-order valence-electron chi connectivity index (χ0n) is 33.7. The third kappa shape index (κ3) is 8.98. The number of hydroxylamine groups is 1. The maximum absolute atomic E-state index is 11.7. The predicted molar refractivity (Wildman–Crippen MR) is 234 cm³/mol. The minimum absolute atomic E-state index is 0.00527. The summed E-state index contributed by atoms with van der Waals surface area (Å²) >= 11 is 0. The Bertz CT molecular complexity index is 2550. The van der Waals surface area contributed by atoms with E-state index < -0.39 is 0 Å². The molecule has 0 bridgehead atoms. The zero-order chi connectivity index (χ0) is 40.8. The average molecular weight is 770 g/mol. The third-order valence-electron chi connectivity index (χ3n) is 10.4. The van der Waals surface area contributed by atoms with Crippen LogP contribution >= 0.6 is 0 Å². The van der Waals surface area contributed by atoms with Crippen LogP contribution in [-0.2, 0) is 16.1 Å². The van der Waals surface area contributed by atoms with E-state index in [-0.39, 0.29) is 18.3 Å². The molecule has 0 unspecified atom stereocenters. The SMILES string of the molecule is CONCON(c1cccc(Cc2ccc(N(c3ccc(C)c(C)c3)c3ccc(C)c(C)c3)cc2)c1)c1ccc2c(N=Nc3ccc(C(C)=O)cc3)c(O)ccc2c1. The van der Waals surface area contributed by atoms with E-state index in [2.05, 4.69) is 121 Å². The van der Waals surface area contributed by atoms with Gasteiger partial charge in [0.25, 0.3) is 0 Å². The number of carbonyl (C=O) groups excluding carboxylic acids is 1. The fourth-order valence-electron chi connectivity index (χ4n) is 6.81. The number of hydrogen-bond acceptors (Lipinski definition) is 9. The van der Waals surface area contributed by atoms with Crippen LogP contribution in [0.2, 0.25) is 0 Å². The van der Waals surface area contributed by atoms with Gasteiger partial charge in [0, 0.05) is 28.0 Å². The van der Waals surface area contributed by atoms with Crippen molar-refractivity contribution in [3.63, 3.8) is 0 Å². The molecule has 2 N–H and O–H groups in total. The molecule has 0 saturated carbocycles. The van der Waals surface area contributed by atoms with Gasteiger partial charge in [-0.1, -0.05) is 42.5 Å². The molecule has 58 heavy (non-hydrogen) atoms. The molecule has 0 amide bonds. The van der Waals surface area contributed by atoms with Gasteiger partial charge in [0.05, 0.1) is 24.2 Å². The summed E-state index contributed by atoms with van der Waals surface area (Å²) in [6.07, 6.45) is 0.717. The summed E-state index contributed by atoms with van der Waals surface area (Å²) in [5, 5.41) is 22.8. The molecule has 292 valence electrons. The zero-order valence-corrected chi connectivity index (χ0v) is 33.7. The number of azo groups is 1. The van der Waals surface area contributed by atoms with E-state index in [9.17, 15) is 9.90 Å². The Kier molecular flexibility index (Phi) is 12.0. The molecule has 0 saturated heterocycles. The molecular formula is C49H47N5O4. The first-order valence-corrected chi connectivity index (χ1v) is 19.2. The lowest BCUT2D eigenvalue weighted by molar-refractivity contribution is -0.00710. The summed E-state index contributed by atoms with van der Waals surface area (Å²) in [6.45, 7) is 10.2. The Morgan fingerprint density at radius 1 is 0.638 bits per heavy atom. The van der Waals surface area contributed by atoms with E-state index in [1.165, 1.54) is 34.7 Å². The van der Waals surface area contributed by atoms with Crippen molar-refractivity contribution in [3.05, 3.63) is 178 Å². The maximum atomic E-state index is 11.7. The number of anilines is 5. The quantitative estimate of drug-likeness (QED) is 0.0373. The number of fused-ring (bicyclic) bond motifs is 1. The van der Waals surface area contributed by atoms with Gasteiger partial charge in [-0.15, -0.1) is 5.11 Å². The number of phenolic OH excluding ortho intramolecular Hbond substituents is 1. The minimum atomic E-state index is -0.0238. The lowest BCUT2D eigenvalue weighted by Gasteiger charge is -2.27. The maximum Gasteiger partial charge on any atom is 0.159 e. The number of nitrogens with one attached hydrogen (secondary N) is 1. The molecule has 9 nitrogen and oxygen atoms in total. The smallest absolute Gasteiger partial charge is 0.159 e. The van der Waals surface area contributed by atoms with Crippen molar-refractivity contribution in [1.82, 2.24) is 5.48 Å². The van der Waals surface area contributed by atoms with Crippen LogP contribution in [0.25, 0.3) is 10.8 Å². The summed E-state index contributed by atoms with van der Waals surface area (Å²) in [6, 6.07) is 46.4. The van der Waals surface area contributed by atoms with Gasteiger partial charge < -0.3 is 14.8 Å². The van der Waals surface area contributed by atoms with Gasteiger partial charge in [0.2, 0.25) is 0 Å². The number of rotatable bonds is 14. The summed E-state index contributed by atoms with van der Waals surface area (Å²) in [5.41, 5.74) is 16.5. The Labute approximate surface area is 339 Å². The summed E-state index contributed by atoms with van der Waals surface area (Å²) < 4.78 is 0. The van der Waals surface area contributed by atoms with Gasteiger partial charge in [-0.05, 0) is 177 Å². The lowest BCUT2D eigenvalue weighted by Crippen LogP contribution is -2.26. The normalized spacial score (nSPS) is 11.3. The molecule has 0 spiro atoms. The van der Waals surface area contributed by atoms with E-state index >= 15 is 0 Å². The number of ketones is 1. The number of aryl methyl sites for hydroxylation is 4. The third-order valence-corrected chi connectivity index (χ3v) is 10.4. The number of nitrogens with zero attached hydrogens (tertiary/aromatic N) is 4. The number of phenols is 1. The summed E-state index contributed by atoms with van der Waals surface area (Å²) in [7, 11) is 1.54. The van der Waals surface area contributed by atoms with Crippen LogP contribution in [0.4, 0.5) is 39.8 Å². The van der Waals surface area contributed by atoms with Gasteiger partial charge in [0.1, 0.15) is 18.2 Å². The molecule has 0 heterocycles. The molecule has 7 rings (SSSR count). The van der Waals surface area contributed by atoms with Gasteiger partial charge in [0.15, 0.2) is 5.78 Å². The topological polar surface area (TPSA) is 99.0 Å². The van der Waals surface area contributed by atoms with Crippen LogP contribution < -0.4 is 15.4 Å². The first-order chi connectivity index (χ1) is 28.1. The molecular weight excluding hydrogens is 723 g/mol. The second-order valence-corrected chi connectivity index (χ2v) is 14.4. The van der Waals surface area contributed by atoms with Crippen molar-refractivity contribution in [2.24, 2.45) is 10.2 Å². The molecule has 0 aliphatic heterocycles. The monoisotopic (exact) mass is 769 g/mol. The molecule has 7 aromatic carbocycles. The number of carbonyl (C=O) groups is 1. The van der Waals surface area contributed by atoms with Crippen molar-refractivity contribution in [1.29, 1.82) is 0 Å². The first-order valence-electron chi connectivity index (χ1n) is 19.2. The highest BCUT2D eigenvalue weighted by Gasteiger charge is 2.17. The highest BCUT2D eigenvalue weighted by atomic mass is 16.7. The number of benzene rings is 7. The van der Waals surface area contributed by atoms with Crippen molar-refractivity contribution in [3.8, 4) is 5.75 Å². The van der Waals surface area contributed by atoms with Crippen molar-refractivity contribution in [2.45, 2.75) is 41.0 Å². The van der Waals surface area contributed by atoms with Crippen LogP contribution in [0.1, 0.15) is 50.7 Å². The first kappa shape index (κ1) is 39.6. The van der Waals surface area contributed by atoms with E-state index in [1.807, 2.05) is 36.4 Å². The van der Waals surface area contributed by atoms with Gasteiger partial charge in [-0.3, -0.25) is 9.63 Å². The molecule has 7 aromatic rings. The largest absolute Gasteiger partial charge is 0.506 e. The standard InChI is InChI=1S/C49H47N5O4/c1-32-10-19-43(26-34(32)3)53(44-20-11-33(2)35(4)27-44)42-21-12-37(13-22-42)28-38-8-7-9-45(29-38)54(58-31-50-57-6)46-23-24-47-40(30-46)16-25-48(56)49(47)52-51-41-17-14-39(15-18-41)36(5)55/h7-27,29-30,50,56H,28,31H2,1-6H3. The van der Waals surface area contributed by atoms with Gasteiger partial charge in [-0.2, -0.15) is 10.6 Å². The molecule has 0 aromatic heterocycles. The number of hydrogen-bond donors (Lipinski definition) is 2. The fraction of sp³-hybridized carbons (Fsp3) is 0.163. The van der Waals surface area contributed by atoms with Gasteiger partial charge in [-0.25, -0.2) is 5.06 Å². The van der Waals surface area contributed by atoms with Crippen LogP contribution in [-0.4, -0.2) is 24.7 Å². The van der Waals surface area contributed by atoms with Crippen LogP contribution in [0.15, 0.2) is 150 Å². The number of Topliss-reactive ketones (excluding diaryl/α,β-unsaturated/α-hetero) is 1. The fourth-order valence-corrected chi connectivity index (χ4v) is 6.81. The molecule has 0 aliphatic rings. The minimum Gasteiger partial charge on any atom is -0.506 e. The Morgan fingerprint density at radius 2 is 1.28 bits per heavy atom. The molecule has 9 heteroatoms. The second kappa shape index (κ2) is 17.7. The van der Waals surface area contributed by atoms with Crippen LogP contribution in [0.5, 0.6) is 5.75 Å². The summed E-state index contributed by atoms with van der Waals surface area (Å²) in [5.74, 6) is -0.0185. The van der Waals surface area contributed by atoms with Crippen LogP contribution in [0.3, 0.4) is 0 Å².